The summed E-state index contributed by atoms with van der Waals surface area (Å²) in [5.41, 5.74) is 0.370. The molecule has 1 aromatic rings. The molecule has 0 saturated carbocycles. The van der Waals surface area contributed by atoms with Gasteiger partial charge in [0.05, 0.1) is 5.56 Å². The van der Waals surface area contributed by atoms with E-state index in [0.717, 1.165) is 23.9 Å². The van der Waals surface area contributed by atoms with E-state index in [-0.39, 0.29) is 17.7 Å². The highest BCUT2D eigenvalue weighted by molar-refractivity contribution is 9.10. The molecule has 0 spiro atoms. The summed E-state index contributed by atoms with van der Waals surface area (Å²) in [7, 11) is 0. The molecular formula is C15H21BrN2O2. The van der Waals surface area contributed by atoms with Gasteiger partial charge in [-0.2, -0.15) is 0 Å². The summed E-state index contributed by atoms with van der Waals surface area (Å²) in [6, 6.07) is 5.49. The summed E-state index contributed by atoms with van der Waals surface area (Å²) < 4.78 is 0.800. The van der Waals surface area contributed by atoms with E-state index in [1.165, 1.54) is 0 Å². The van der Waals surface area contributed by atoms with Crippen molar-refractivity contribution >= 4 is 21.8 Å². The van der Waals surface area contributed by atoms with Crippen LogP contribution in [0.25, 0.3) is 0 Å². The van der Waals surface area contributed by atoms with Gasteiger partial charge in [-0.3, -0.25) is 4.79 Å². The third kappa shape index (κ3) is 3.15. The average Bonchev–Trinajstić information content (AvgIpc) is 2.48. The minimum Gasteiger partial charge on any atom is -0.507 e. The van der Waals surface area contributed by atoms with Crippen LogP contribution in [-0.2, 0) is 0 Å². The standard InChI is InChI=1S/C15H21BrN2O2/c1-3-11-9-18(12(4-2)8-17-11)15(20)13-7-10(16)5-6-14(13)19/h5-7,11-12,17,19H,3-4,8-9H2,1-2H3. The zero-order chi connectivity index (χ0) is 14.7. The Balaban J connectivity index is 2.26. The zero-order valence-corrected chi connectivity index (χ0v) is 13.5. The maximum Gasteiger partial charge on any atom is 0.257 e. The normalized spacial score (nSPS) is 22.9. The number of piperazine rings is 1. The van der Waals surface area contributed by atoms with Gasteiger partial charge in [-0.15, -0.1) is 0 Å². The van der Waals surface area contributed by atoms with Crippen molar-refractivity contribution < 1.29 is 9.90 Å². The number of rotatable bonds is 3. The van der Waals surface area contributed by atoms with Crippen molar-refractivity contribution in [1.29, 1.82) is 0 Å². The number of aromatic hydroxyl groups is 1. The number of carbonyl (C=O) groups excluding carboxylic acids is 1. The Morgan fingerprint density at radius 2 is 2.20 bits per heavy atom. The van der Waals surface area contributed by atoms with Crippen molar-refractivity contribution in [3.05, 3.63) is 28.2 Å². The minimum absolute atomic E-state index is 0.0413. The van der Waals surface area contributed by atoms with E-state index in [9.17, 15) is 9.90 Å². The molecule has 1 aliphatic heterocycles. The summed E-state index contributed by atoms with van der Waals surface area (Å²) >= 11 is 3.35. The topological polar surface area (TPSA) is 52.6 Å². The first-order chi connectivity index (χ1) is 9.56. The Kier molecular flexibility index (Phi) is 5.05. The van der Waals surface area contributed by atoms with Gasteiger partial charge in [-0.1, -0.05) is 29.8 Å². The molecule has 1 amide bonds. The molecule has 110 valence electrons. The summed E-state index contributed by atoms with van der Waals surface area (Å²) in [4.78, 5) is 14.6. The molecule has 0 bridgehead atoms. The van der Waals surface area contributed by atoms with Crippen LogP contribution in [0.4, 0.5) is 0 Å². The third-order valence-electron chi connectivity index (χ3n) is 3.91. The number of nitrogens with zero attached hydrogens (tertiary/aromatic N) is 1. The van der Waals surface area contributed by atoms with E-state index in [1.807, 2.05) is 4.90 Å². The van der Waals surface area contributed by atoms with Crippen LogP contribution in [-0.4, -0.2) is 41.1 Å². The van der Waals surface area contributed by atoms with E-state index in [2.05, 4.69) is 35.1 Å². The number of hydrogen-bond donors (Lipinski definition) is 2. The fourth-order valence-corrected chi connectivity index (χ4v) is 2.95. The lowest BCUT2D eigenvalue weighted by atomic mass is 10.0. The fraction of sp³-hybridized carbons (Fsp3) is 0.533. The van der Waals surface area contributed by atoms with Gasteiger partial charge in [0.15, 0.2) is 0 Å². The Bertz CT molecular complexity index is 493. The quantitative estimate of drug-likeness (QED) is 0.889. The monoisotopic (exact) mass is 340 g/mol. The van der Waals surface area contributed by atoms with Crippen LogP contribution in [0.1, 0.15) is 37.0 Å². The first kappa shape index (κ1) is 15.3. The van der Waals surface area contributed by atoms with Crippen molar-refractivity contribution in [1.82, 2.24) is 10.2 Å². The van der Waals surface area contributed by atoms with Crippen LogP contribution in [0, 0.1) is 0 Å². The van der Waals surface area contributed by atoms with Gasteiger partial charge < -0.3 is 15.3 Å². The Morgan fingerprint density at radius 1 is 1.45 bits per heavy atom. The predicted octanol–water partition coefficient (Wildman–Crippen LogP) is 2.76. The van der Waals surface area contributed by atoms with E-state index >= 15 is 0 Å². The van der Waals surface area contributed by atoms with Gasteiger partial charge in [0.25, 0.3) is 5.91 Å². The molecule has 2 atom stereocenters. The first-order valence-corrected chi connectivity index (χ1v) is 7.89. The third-order valence-corrected chi connectivity index (χ3v) is 4.41. The lowest BCUT2D eigenvalue weighted by molar-refractivity contribution is 0.0573. The predicted molar refractivity (Wildman–Crippen MR) is 83.0 cm³/mol. The van der Waals surface area contributed by atoms with Crippen molar-refractivity contribution in [2.24, 2.45) is 0 Å². The summed E-state index contributed by atoms with van der Waals surface area (Å²) in [6.45, 7) is 5.71. The van der Waals surface area contributed by atoms with E-state index in [0.29, 0.717) is 18.2 Å². The number of halogens is 1. The number of phenolic OH excluding ortho intramolecular Hbond substituents is 1. The van der Waals surface area contributed by atoms with Crippen molar-refractivity contribution in [2.75, 3.05) is 13.1 Å². The molecule has 0 aromatic heterocycles. The molecule has 1 saturated heterocycles. The average molecular weight is 341 g/mol. The van der Waals surface area contributed by atoms with Crippen LogP contribution < -0.4 is 5.32 Å². The Morgan fingerprint density at radius 3 is 2.85 bits per heavy atom. The molecule has 2 N–H and O–H groups in total. The van der Waals surface area contributed by atoms with Crippen LogP contribution in [0.5, 0.6) is 5.75 Å². The lowest BCUT2D eigenvalue weighted by Gasteiger charge is -2.40. The van der Waals surface area contributed by atoms with Crippen molar-refractivity contribution in [3.8, 4) is 5.75 Å². The smallest absolute Gasteiger partial charge is 0.257 e. The SMILES string of the molecule is CCC1CN(C(=O)c2cc(Br)ccc2O)C(CC)CN1. The maximum absolute atomic E-state index is 12.7. The molecule has 2 rings (SSSR count). The number of nitrogens with one attached hydrogen (secondary N) is 1. The largest absolute Gasteiger partial charge is 0.507 e. The molecule has 1 aromatic carbocycles. The molecule has 1 fully saturated rings. The zero-order valence-electron chi connectivity index (χ0n) is 11.9. The molecule has 20 heavy (non-hydrogen) atoms. The molecule has 0 aliphatic carbocycles. The number of carbonyl (C=O) groups is 1. The highest BCUT2D eigenvalue weighted by atomic mass is 79.9. The molecule has 5 heteroatoms. The molecule has 4 nitrogen and oxygen atoms in total. The van der Waals surface area contributed by atoms with E-state index in [4.69, 9.17) is 0 Å². The van der Waals surface area contributed by atoms with Gasteiger partial charge in [-0.25, -0.2) is 0 Å². The van der Waals surface area contributed by atoms with Crippen molar-refractivity contribution in [3.63, 3.8) is 0 Å². The second-order valence-electron chi connectivity index (χ2n) is 5.19. The second-order valence-corrected chi connectivity index (χ2v) is 6.11. The van der Waals surface area contributed by atoms with Crippen LogP contribution in [0.15, 0.2) is 22.7 Å². The molecule has 1 aliphatic rings. The summed E-state index contributed by atoms with van der Waals surface area (Å²) in [6.07, 6.45) is 1.90. The number of phenols is 1. The lowest BCUT2D eigenvalue weighted by Crippen LogP contribution is -2.57. The van der Waals surface area contributed by atoms with Gasteiger partial charge in [0.2, 0.25) is 0 Å². The molecule has 0 radical (unpaired) electrons. The van der Waals surface area contributed by atoms with Gasteiger partial charge >= 0.3 is 0 Å². The molecular weight excluding hydrogens is 320 g/mol. The second kappa shape index (κ2) is 6.59. The molecule has 2 unspecified atom stereocenters. The van der Waals surface area contributed by atoms with Crippen LogP contribution in [0.3, 0.4) is 0 Å². The summed E-state index contributed by atoms with van der Waals surface area (Å²) in [5.74, 6) is -0.0461. The van der Waals surface area contributed by atoms with Crippen LogP contribution in [0.2, 0.25) is 0 Å². The number of amides is 1. The highest BCUT2D eigenvalue weighted by Gasteiger charge is 2.31. The van der Waals surface area contributed by atoms with Crippen molar-refractivity contribution in [2.45, 2.75) is 38.8 Å². The van der Waals surface area contributed by atoms with Crippen LogP contribution >= 0.6 is 15.9 Å². The van der Waals surface area contributed by atoms with Gasteiger partial charge in [-0.05, 0) is 31.0 Å². The first-order valence-electron chi connectivity index (χ1n) is 7.09. The molecule has 1 heterocycles. The van der Waals surface area contributed by atoms with Gasteiger partial charge in [0, 0.05) is 29.6 Å². The Hall–Kier alpha value is -1.07. The maximum atomic E-state index is 12.7. The van der Waals surface area contributed by atoms with Gasteiger partial charge in [0.1, 0.15) is 5.75 Å². The minimum atomic E-state index is -0.0874. The Labute approximate surface area is 128 Å². The number of benzene rings is 1. The summed E-state index contributed by atoms with van der Waals surface area (Å²) in [5, 5.41) is 13.4. The van der Waals surface area contributed by atoms with E-state index < -0.39 is 0 Å². The van der Waals surface area contributed by atoms with E-state index in [1.54, 1.807) is 18.2 Å². The highest BCUT2D eigenvalue weighted by Crippen LogP contribution is 2.25. The number of hydrogen-bond acceptors (Lipinski definition) is 3. The fourth-order valence-electron chi connectivity index (χ4n) is 2.59.